The summed E-state index contributed by atoms with van der Waals surface area (Å²) in [6, 6.07) is 7.07. The van der Waals surface area contributed by atoms with Crippen LogP contribution >= 0.6 is 11.6 Å². The summed E-state index contributed by atoms with van der Waals surface area (Å²) in [5.41, 5.74) is 1.14. The Labute approximate surface area is 217 Å². The van der Waals surface area contributed by atoms with Gasteiger partial charge in [0.25, 0.3) is 0 Å². The van der Waals surface area contributed by atoms with Crippen LogP contribution in [0.4, 0.5) is 9.18 Å². The molecule has 2 aromatic heterocycles. The highest BCUT2D eigenvalue weighted by Crippen LogP contribution is 2.48. The Kier molecular flexibility index (Phi) is 6.87. The minimum absolute atomic E-state index is 0.0222. The number of carbonyl (C=O) groups excluding carboxylic acids is 3. The molecule has 0 bridgehead atoms. The SMILES string of the molecule is CC(=O)c1cn(CC(=O)N2[C@@H](OC(=O)N[C@H](CCO)c3cccc(Cl)c3F)C[C@H]3C[C@H]32)c2ncccc12. The molecule has 2 amide bonds. The molecule has 1 aliphatic heterocycles. The van der Waals surface area contributed by atoms with Gasteiger partial charge >= 0.3 is 6.09 Å². The number of ketones is 1. The molecule has 37 heavy (non-hydrogen) atoms. The van der Waals surface area contributed by atoms with Crippen LogP contribution in [-0.4, -0.2) is 56.2 Å². The number of aliphatic hydroxyl groups is 1. The largest absolute Gasteiger partial charge is 0.425 e. The lowest BCUT2D eigenvalue weighted by Crippen LogP contribution is -2.44. The van der Waals surface area contributed by atoms with E-state index in [4.69, 9.17) is 16.3 Å². The van der Waals surface area contributed by atoms with Gasteiger partial charge in [0, 0.05) is 48.0 Å². The molecule has 11 heteroatoms. The van der Waals surface area contributed by atoms with Gasteiger partial charge in [0.15, 0.2) is 12.0 Å². The van der Waals surface area contributed by atoms with E-state index in [-0.39, 0.29) is 53.8 Å². The van der Waals surface area contributed by atoms with Crippen LogP contribution in [0.3, 0.4) is 0 Å². The number of carbonyl (C=O) groups is 3. The Morgan fingerprint density at radius 1 is 1.27 bits per heavy atom. The summed E-state index contributed by atoms with van der Waals surface area (Å²) >= 11 is 5.88. The molecule has 3 aromatic rings. The van der Waals surface area contributed by atoms with Crippen LogP contribution in [0, 0.1) is 11.7 Å². The van der Waals surface area contributed by atoms with Crippen molar-refractivity contribution < 1.29 is 28.6 Å². The van der Waals surface area contributed by atoms with E-state index >= 15 is 0 Å². The monoisotopic (exact) mass is 528 g/mol. The Morgan fingerprint density at radius 2 is 2.08 bits per heavy atom. The first-order chi connectivity index (χ1) is 17.8. The summed E-state index contributed by atoms with van der Waals surface area (Å²) in [6.45, 7) is 1.10. The molecule has 3 heterocycles. The van der Waals surface area contributed by atoms with Crippen molar-refractivity contribution in [3.05, 3.63) is 64.7 Å². The molecule has 0 spiro atoms. The van der Waals surface area contributed by atoms with Gasteiger partial charge in [0.1, 0.15) is 18.0 Å². The van der Waals surface area contributed by atoms with E-state index in [9.17, 15) is 23.9 Å². The number of nitrogens with one attached hydrogen (secondary N) is 1. The number of aliphatic hydroxyl groups excluding tert-OH is 1. The number of pyridine rings is 1. The first-order valence-corrected chi connectivity index (χ1v) is 12.4. The Morgan fingerprint density at radius 3 is 2.84 bits per heavy atom. The highest BCUT2D eigenvalue weighted by molar-refractivity contribution is 6.30. The van der Waals surface area contributed by atoms with E-state index in [1.807, 2.05) is 0 Å². The second kappa shape index (κ2) is 10.1. The molecule has 4 atom stereocenters. The average Bonchev–Trinajstić information content (AvgIpc) is 3.37. The van der Waals surface area contributed by atoms with Crippen molar-refractivity contribution in [3.63, 3.8) is 0 Å². The number of nitrogens with zero attached hydrogens (tertiary/aromatic N) is 3. The van der Waals surface area contributed by atoms with Crippen molar-refractivity contribution in [3.8, 4) is 0 Å². The van der Waals surface area contributed by atoms with E-state index in [0.717, 1.165) is 6.42 Å². The Hall–Kier alpha value is -3.50. The second-order valence-electron chi connectivity index (χ2n) is 9.41. The standard InChI is InChI=1S/C26H26ClFN4O5/c1-14(34)18-12-31(25-16(18)5-3-8-29-25)13-22(35)32-21-10-15(21)11-23(32)37-26(36)30-20(7-9-33)17-4-2-6-19(27)24(17)28/h2-6,8,12,15,20-21,23,33H,7,9-11,13H2,1H3,(H,30,36)/t15-,20-,21-,23+/m1/s1. The van der Waals surface area contributed by atoms with Crippen molar-refractivity contribution in [1.29, 1.82) is 0 Å². The van der Waals surface area contributed by atoms with Crippen LogP contribution in [0.2, 0.25) is 5.02 Å². The third-order valence-corrected chi connectivity index (χ3v) is 7.27. The molecule has 5 rings (SSSR count). The maximum Gasteiger partial charge on any atom is 0.409 e. The molecule has 194 valence electrons. The fourth-order valence-electron chi connectivity index (χ4n) is 5.14. The summed E-state index contributed by atoms with van der Waals surface area (Å²) in [4.78, 5) is 44.2. The fraction of sp³-hybridized carbons (Fsp3) is 0.385. The zero-order chi connectivity index (χ0) is 26.3. The molecule has 0 radical (unpaired) electrons. The summed E-state index contributed by atoms with van der Waals surface area (Å²) in [5, 5.41) is 12.6. The second-order valence-corrected chi connectivity index (χ2v) is 9.82. The van der Waals surface area contributed by atoms with Gasteiger partial charge in [-0.15, -0.1) is 0 Å². The maximum atomic E-state index is 14.5. The van der Waals surface area contributed by atoms with Gasteiger partial charge in [-0.2, -0.15) is 0 Å². The number of alkyl carbamates (subject to hydrolysis) is 1. The number of likely N-dealkylation sites (tertiary alicyclic amines) is 1. The first kappa shape index (κ1) is 25.2. The van der Waals surface area contributed by atoms with E-state index in [2.05, 4.69) is 10.3 Å². The van der Waals surface area contributed by atoms with Crippen LogP contribution in [0.15, 0.2) is 42.7 Å². The van der Waals surface area contributed by atoms with Crippen molar-refractivity contribution in [1.82, 2.24) is 19.8 Å². The predicted molar refractivity (Wildman–Crippen MR) is 132 cm³/mol. The number of piperidine rings is 1. The number of ether oxygens (including phenoxy) is 1. The minimum atomic E-state index is -0.862. The highest BCUT2D eigenvalue weighted by Gasteiger charge is 2.55. The number of hydrogen-bond donors (Lipinski definition) is 2. The lowest BCUT2D eigenvalue weighted by atomic mass is 10.0. The van der Waals surface area contributed by atoms with Crippen LogP contribution in [0.1, 0.15) is 48.1 Å². The number of benzene rings is 1. The normalized spacial score (nSPS) is 21.0. The smallest absolute Gasteiger partial charge is 0.409 e. The average molecular weight is 529 g/mol. The third kappa shape index (κ3) is 4.91. The van der Waals surface area contributed by atoms with Crippen molar-refractivity contribution in [2.75, 3.05) is 6.61 Å². The minimum Gasteiger partial charge on any atom is -0.425 e. The first-order valence-electron chi connectivity index (χ1n) is 12.1. The van der Waals surface area contributed by atoms with Crippen LogP contribution in [-0.2, 0) is 16.1 Å². The Balaban J connectivity index is 1.30. The fourth-order valence-corrected chi connectivity index (χ4v) is 5.32. The molecule has 2 aliphatic rings. The van der Waals surface area contributed by atoms with E-state index in [1.54, 1.807) is 40.1 Å². The van der Waals surface area contributed by atoms with Gasteiger partial charge in [0.2, 0.25) is 5.91 Å². The molecule has 1 saturated carbocycles. The van der Waals surface area contributed by atoms with E-state index < -0.39 is 24.2 Å². The molecule has 2 fully saturated rings. The molecular formula is C26H26ClFN4O5. The predicted octanol–water partition coefficient (Wildman–Crippen LogP) is 3.83. The number of fused-ring (bicyclic) bond motifs is 2. The summed E-state index contributed by atoms with van der Waals surface area (Å²) in [5.74, 6) is -0.820. The number of amides is 2. The number of hydrogen-bond acceptors (Lipinski definition) is 6. The van der Waals surface area contributed by atoms with Crippen molar-refractivity contribution in [2.45, 2.75) is 51.0 Å². The molecule has 9 nitrogen and oxygen atoms in total. The van der Waals surface area contributed by atoms with Gasteiger partial charge in [-0.1, -0.05) is 23.7 Å². The van der Waals surface area contributed by atoms with Gasteiger partial charge in [-0.05, 0) is 43.9 Å². The topological polar surface area (TPSA) is 114 Å². The van der Waals surface area contributed by atoms with Crippen LogP contribution in [0.5, 0.6) is 0 Å². The summed E-state index contributed by atoms with van der Waals surface area (Å²) in [6.07, 6.45) is 3.01. The van der Waals surface area contributed by atoms with Gasteiger partial charge in [-0.25, -0.2) is 14.2 Å². The van der Waals surface area contributed by atoms with Gasteiger partial charge < -0.3 is 24.6 Å². The van der Waals surface area contributed by atoms with E-state index in [1.165, 1.54) is 19.1 Å². The number of Topliss-reactive ketones (excluding diaryl/α,β-unsaturated/α-hetero) is 1. The molecule has 1 aliphatic carbocycles. The Bertz CT molecular complexity index is 1380. The number of halogens is 2. The van der Waals surface area contributed by atoms with Crippen LogP contribution < -0.4 is 5.32 Å². The number of rotatable bonds is 8. The van der Waals surface area contributed by atoms with Crippen molar-refractivity contribution >= 4 is 40.4 Å². The molecule has 1 saturated heterocycles. The zero-order valence-corrected chi connectivity index (χ0v) is 20.8. The summed E-state index contributed by atoms with van der Waals surface area (Å²) in [7, 11) is 0. The lowest BCUT2D eigenvalue weighted by Gasteiger charge is -2.28. The highest BCUT2D eigenvalue weighted by atomic mass is 35.5. The van der Waals surface area contributed by atoms with Gasteiger partial charge in [0.05, 0.1) is 11.1 Å². The maximum absolute atomic E-state index is 14.5. The zero-order valence-electron chi connectivity index (χ0n) is 20.1. The van der Waals surface area contributed by atoms with Crippen LogP contribution in [0.25, 0.3) is 11.0 Å². The summed E-state index contributed by atoms with van der Waals surface area (Å²) < 4.78 is 21.8. The third-order valence-electron chi connectivity index (χ3n) is 6.97. The molecule has 1 aromatic carbocycles. The quantitative estimate of drug-likeness (QED) is 0.430. The number of aromatic nitrogens is 2. The lowest BCUT2D eigenvalue weighted by molar-refractivity contribution is -0.140. The van der Waals surface area contributed by atoms with Crippen molar-refractivity contribution in [2.24, 2.45) is 5.92 Å². The molecule has 2 N–H and O–H groups in total. The molecular weight excluding hydrogens is 503 g/mol. The van der Waals surface area contributed by atoms with Gasteiger partial charge in [-0.3, -0.25) is 9.59 Å². The molecule has 0 unspecified atom stereocenters. The van der Waals surface area contributed by atoms with E-state index in [0.29, 0.717) is 23.0 Å².